The van der Waals surface area contributed by atoms with Gasteiger partial charge in [0.2, 0.25) is 10.0 Å². The first kappa shape index (κ1) is 16.2. The van der Waals surface area contributed by atoms with Gasteiger partial charge in [0.25, 0.3) is 0 Å². The van der Waals surface area contributed by atoms with Crippen molar-refractivity contribution < 1.29 is 31.2 Å². The van der Waals surface area contributed by atoms with Gasteiger partial charge in [-0.25, -0.2) is 8.42 Å². The average molecular weight is 350 g/mol. The summed E-state index contributed by atoms with van der Waals surface area (Å²) in [4.78, 5) is 0. The molecular formula is C13H13F3N2O4S. The van der Waals surface area contributed by atoms with E-state index in [-0.39, 0.29) is 5.69 Å². The summed E-state index contributed by atoms with van der Waals surface area (Å²) in [6, 6.07) is 6.59. The van der Waals surface area contributed by atoms with Crippen molar-refractivity contribution in [3.8, 4) is 0 Å². The predicted molar refractivity (Wildman–Crippen MR) is 73.8 cm³/mol. The first-order valence-electron chi connectivity index (χ1n) is 6.73. The van der Waals surface area contributed by atoms with Crippen molar-refractivity contribution in [2.75, 3.05) is 13.1 Å². The monoisotopic (exact) mass is 350 g/mol. The van der Waals surface area contributed by atoms with Gasteiger partial charge in [0.1, 0.15) is 11.4 Å². The number of fused-ring (bicyclic) bond motifs is 1. The number of aliphatic hydroxyl groups is 1. The molecule has 10 heteroatoms. The Bertz CT molecular complexity index is 833. The second-order valence-electron chi connectivity index (χ2n) is 5.49. The zero-order chi connectivity index (χ0) is 16.9. The van der Waals surface area contributed by atoms with E-state index in [1.807, 2.05) is 0 Å². The standard InChI is InChI=1S/C13H13F3N2O4S/c14-13(15,16)12(19)5-6-18(8-12)23(20,21)7-10-9-3-1-2-4-11(9)22-17-10/h1-4,19H,5-8H2. The van der Waals surface area contributed by atoms with Gasteiger partial charge in [0, 0.05) is 18.4 Å². The van der Waals surface area contributed by atoms with E-state index in [0.717, 1.165) is 0 Å². The van der Waals surface area contributed by atoms with Crippen molar-refractivity contribution in [2.24, 2.45) is 0 Å². The van der Waals surface area contributed by atoms with E-state index in [1.54, 1.807) is 24.3 Å². The van der Waals surface area contributed by atoms with Crippen LogP contribution in [0.3, 0.4) is 0 Å². The van der Waals surface area contributed by atoms with Crippen molar-refractivity contribution in [3.05, 3.63) is 30.0 Å². The number of halogens is 3. The molecule has 0 bridgehead atoms. The van der Waals surface area contributed by atoms with Crippen LogP contribution in [0.1, 0.15) is 12.1 Å². The van der Waals surface area contributed by atoms with Gasteiger partial charge < -0.3 is 9.63 Å². The van der Waals surface area contributed by atoms with Gasteiger partial charge in [0.15, 0.2) is 11.2 Å². The number of sulfonamides is 1. The molecule has 1 N–H and O–H groups in total. The Morgan fingerprint density at radius 2 is 2.04 bits per heavy atom. The van der Waals surface area contributed by atoms with Gasteiger partial charge in [-0.2, -0.15) is 17.5 Å². The van der Waals surface area contributed by atoms with Crippen LogP contribution in [0, 0.1) is 0 Å². The first-order chi connectivity index (χ1) is 10.6. The van der Waals surface area contributed by atoms with Crippen molar-refractivity contribution in [2.45, 2.75) is 24.0 Å². The molecule has 2 heterocycles. The highest BCUT2D eigenvalue weighted by molar-refractivity contribution is 7.88. The lowest BCUT2D eigenvalue weighted by Crippen LogP contribution is -2.48. The molecule has 23 heavy (non-hydrogen) atoms. The molecule has 126 valence electrons. The molecule has 0 amide bonds. The minimum Gasteiger partial charge on any atom is -0.379 e. The van der Waals surface area contributed by atoms with Crippen molar-refractivity contribution in [1.29, 1.82) is 0 Å². The summed E-state index contributed by atoms with van der Waals surface area (Å²) in [5.74, 6) is -0.585. The number of aromatic nitrogens is 1. The highest BCUT2D eigenvalue weighted by Gasteiger charge is 2.58. The normalized spacial score (nSPS) is 23.7. The topological polar surface area (TPSA) is 83.6 Å². The molecule has 0 spiro atoms. The molecule has 1 aliphatic rings. The van der Waals surface area contributed by atoms with Crippen LogP contribution >= 0.6 is 0 Å². The lowest BCUT2D eigenvalue weighted by Gasteiger charge is -2.25. The van der Waals surface area contributed by atoms with Crippen LogP contribution in [0.4, 0.5) is 13.2 Å². The van der Waals surface area contributed by atoms with E-state index >= 15 is 0 Å². The van der Waals surface area contributed by atoms with Crippen LogP contribution in [0.5, 0.6) is 0 Å². The van der Waals surface area contributed by atoms with Crippen LogP contribution in [-0.4, -0.2) is 47.9 Å². The average Bonchev–Trinajstić information content (AvgIpc) is 3.04. The summed E-state index contributed by atoms with van der Waals surface area (Å²) in [6.45, 7) is -1.40. The molecule has 1 aromatic heterocycles. The maximum Gasteiger partial charge on any atom is 0.418 e. The molecule has 6 nitrogen and oxygen atoms in total. The fraction of sp³-hybridized carbons (Fsp3) is 0.462. The van der Waals surface area contributed by atoms with Crippen molar-refractivity contribution >= 4 is 21.0 Å². The Hall–Kier alpha value is -1.65. The first-order valence-corrected chi connectivity index (χ1v) is 8.34. The van der Waals surface area contributed by atoms with E-state index in [4.69, 9.17) is 4.52 Å². The summed E-state index contributed by atoms with van der Waals surface area (Å²) in [6.07, 6.45) is -5.56. The molecule has 0 radical (unpaired) electrons. The summed E-state index contributed by atoms with van der Waals surface area (Å²) < 4.78 is 68.7. The second kappa shape index (κ2) is 5.18. The quantitative estimate of drug-likeness (QED) is 0.910. The summed E-state index contributed by atoms with van der Waals surface area (Å²) in [5, 5.41) is 13.8. The predicted octanol–water partition coefficient (Wildman–Crippen LogP) is 1.66. The molecular weight excluding hydrogens is 337 g/mol. The molecule has 2 aromatic rings. The van der Waals surface area contributed by atoms with Gasteiger partial charge in [-0.15, -0.1) is 0 Å². The van der Waals surface area contributed by atoms with Gasteiger partial charge in [-0.3, -0.25) is 0 Å². The minimum atomic E-state index is -4.88. The second-order valence-corrected chi connectivity index (χ2v) is 7.46. The molecule has 1 aromatic carbocycles. The number of hydrogen-bond acceptors (Lipinski definition) is 5. The van der Waals surface area contributed by atoms with Gasteiger partial charge >= 0.3 is 6.18 Å². The Balaban J connectivity index is 1.83. The van der Waals surface area contributed by atoms with E-state index in [0.29, 0.717) is 15.3 Å². The maximum atomic E-state index is 12.8. The Morgan fingerprint density at radius 1 is 1.35 bits per heavy atom. The van der Waals surface area contributed by atoms with E-state index in [1.165, 1.54) is 0 Å². The number of benzene rings is 1. The summed E-state index contributed by atoms with van der Waals surface area (Å²) in [5.41, 5.74) is -2.49. The Kier molecular flexibility index (Phi) is 3.65. The largest absolute Gasteiger partial charge is 0.418 e. The van der Waals surface area contributed by atoms with Gasteiger partial charge in [0.05, 0.1) is 6.54 Å². The van der Waals surface area contributed by atoms with Crippen LogP contribution in [0.25, 0.3) is 11.0 Å². The summed E-state index contributed by atoms with van der Waals surface area (Å²) in [7, 11) is -4.05. The molecule has 1 unspecified atom stereocenters. The third kappa shape index (κ3) is 2.81. The van der Waals surface area contributed by atoms with Crippen LogP contribution < -0.4 is 0 Å². The fourth-order valence-corrected chi connectivity index (χ4v) is 4.05. The molecule has 0 aliphatic carbocycles. The lowest BCUT2D eigenvalue weighted by molar-refractivity contribution is -0.252. The van der Waals surface area contributed by atoms with Crippen molar-refractivity contribution in [1.82, 2.24) is 9.46 Å². The Labute approximate surface area is 129 Å². The highest BCUT2D eigenvalue weighted by atomic mass is 32.2. The highest BCUT2D eigenvalue weighted by Crippen LogP contribution is 2.39. The molecule has 0 saturated carbocycles. The zero-order valence-corrected chi connectivity index (χ0v) is 12.6. The molecule has 3 rings (SSSR count). The fourth-order valence-electron chi connectivity index (χ4n) is 2.53. The molecule has 1 atom stereocenters. The number of β-amino-alcohol motifs (C(OH)–C–C–N with tert-alkyl or cyclic N) is 1. The number of hydrogen-bond donors (Lipinski definition) is 1. The van der Waals surface area contributed by atoms with Crippen LogP contribution in [-0.2, 0) is 15.8 Å². The molecule has 1 saturated heterocycles. The van der Waals surface area contributed by atoms with E-state index in [2.05, 4.69) is 5.16 Å². The number of alkyl halides is 3. The van der Waals surface area contributed by atoms with E-state index in [9.17, 15) is 26.7 Å². The third-order valence-corrected chi connectivity index (χ3v) is 5.64. The van der Waals surface area contributed by atoms with E-state index < -0.39 is 47.1 Å². The van der Waals surface area contributed by atoms with Crippen molar-refractivity contribution in [3.63, 3.8) is 0 Å². The Morgan fingerprint density at radius 3 is 2.70 bits per heavy atom. The smallest absolute Gasteiger partial charge is 0.379 e. The van der Waals surface area contributed by atoms with Crippen LogP contribution in [0.15, 0.2) is 28.8 Å². The summed E-state index contributed by atoms with van der Waals surface area (Å²) >= 11 is 0. The maximum absolute atomic E-state index is 12.8. The molecule has 1 fully saturated rings. The van der Waals surface area contributed by atoms with Gasteiger partial charge in [-0.05, 0) is 12.1 Å². The van der Waals surface area contributed by atoms with Crippen LogP contribution in [0.2, 0.25) is 0 Å². The SMILES string of the molecule is O=S(=O)(Cc1noc2ccccc12)N1CCC(O)(C(F)(F)F)C1. The number of nitrogens with zero attached hydrogens (tertiary/aromatic N) is 2. The molecule has 1 aliphatic heterocycles. The third-order valence-electron chi connectivity index (χ3n) is 3.91. The number of para-hydroxylation sites is 1. The number of rotatable bonds is 3. The minimum absolute atomic E-state index is 0.128. The lowest BCUT2D eigenvalue weighted by atomic mass is 10.0. The zero-order valence-electron chi connectivity index (χ0n) is 11.7. The van der Waals surface area contributed by atoms with Gasteiger partial charge in [-0.1, -0.05) is 17.3 Å².